The highest BCUT2D eigenvalue weighted by atomic mass is 35.5. The van der Waals surface area contributed by atoms with E-state index in [0.29, 0.717) is 28.1 Å². The Bertz CT molecular complexity index is 1110. The number of carbonyl (C=O) groups excluding carboxylic acids is 2. The number of halogens is 1. The molecule has 9 heteroatoms. The SMILES string of the molecule is CCn1c(SCC(=O)Nc2ccc(C)c(C)c2)nnc1[C@@H](C)NC(=O)c1ccc(Cl)cc1. The summed E-state index contributed by atoms with van der Waals surface area (Å²) in [7, 11) is 0. The number of benzene rings is 2. The monoisotopic (exact) mass is 471 g/mol. The molecule has 0 unspecified atom stereocenters. The van der Waals surface area contributed by atoms with Crippen LogP contribution in [0.4, 0.5) is 5.69 Å². The molecule has 0 aliphatic rings. The molecule has 3 aromatic rings. The molecular formula is C23H26ClN5O2S. The Morgan fingerprint density at radius 3 is 2.47 bits per heavy atom. The zero-order valence-electron chi connectivity index (χ0n) is 18.5. The van der Waals surface area contributed by atoms with Gasteiger partial charge < -0.3 is 15.2 Å². The van der Waals surface area contributed by atoms with E-state index in [4.69, 9.17) is 11.6 Å². The van der Waals surface area contributed by atoms with Crippen molar-refractivity contribution >= 4 is 40.9 Å². The highest BCUT2D eigenvalue weighted by Gasteiger charge is 2.20. The maximum Gasteiger partial charge on any atom is 0.251 e. The third kappa shape index (κ3) is 5.89. The average molecular weight is 472 g/mol. The lowest BCUT2D eigenvalue weighted by molar-refractivity contribution is -0.113. The van der Waals surface area contributed by atoms with Crippen molar-refractivity contribution in [2.45, 2.75) is 45.4 Å². The number of thioether (sulfide) groups is 1. The second kappa shape index (κ2) is 10.7. The Morgan fingerprint density at radius 2 is 1.81 bits per heavy atom. The van der Waals surface area contributed by atoms with E-state index in [1.54, 1.807) is 24.3 Å². The van der Waals surface area contributed by atoms with E-state index in [0.717, 1.165) is 11.3 Å². The summed E-state index contributed by atoms with van der Waals surface area (Å²) >= 11 is 7.20. The Kier molecular flexibility index (Phi) is 7.93. The fourth-order valence-electron chi connectivity index (χ4n) is 3.12. The first-order valence-electron chi connectivity index (χ1n) is 10.3. The summed E-state index contributed by atoms with van der Waals surface area (Å²) in [6.45, 7) is 8.48. The zero-order chi connectivity index (χ0) is 23.3. The van der Waals surface area contributed by atoms with Crippen molar-refractivity contribution in [3.05, 3.63) is 70.0 Å². The van der Waals surface area contributed by atoms with Crippen molar-refractivity contribution in [1.82, 2.24) is 20.1 Å². The van der Waals surface area contributed by atoms with Gasteiger partial charge in [0, 0.05) is 22.8 Å². The molecule has 1 atom stereocenters. The van der Waals surface area contributed by atoms with E-state index in [1.165, 1.54) is 17.3 Å². The molecule has 2 N–H and O–H groups in total. The summed E-state index contributed by atoms with van der Waals surface area (Å²) in [5.41, 5.74) is 3.59. The van der Waals surface area contributed by atoms with Crippen molar-refractivity contribution in [3.8, 4) is 0 Å². The standard InChI is InChI=1S/C23H26ClN5O2S/c1-5-29-21(16(4)25-22(31)17-7-9-18(24)10-8-17)27-28-23(29)32-13-20(30)26-19-11-6-14(2)15(3)12-19/h6-12,16H,5,13H2,1-4H3,(H,25,31)(H,26,30)/t16-/m1/s1. The Morgan fingerprint density at radius 1 is 1.09 bits per heavy atom. The summed E-state index contributed by atoms with van der Waals surface area (Å²) in [4.78, 5) is 24.9. The minimum absolute atomic E-state index is 0.116. The molecule has 0 bridgehead atoms. The topological polar surface area (TPSA) is 88.9 Å². The van der Waals surface area contributed by atoms with Crippen LogP contribution in [0.1, 0.15) is 47.2 Å². The van der Waals surface area contributed by atoms with Crippen LogP contribution < -0.4 is 10.6 Å². The van der Waals surface area contributed by atoms with Crippen molar-refractivity contribution in [3.63, 3.8) is 0 Å². The summed E-state index contributed by atoms with van der Waals surface area (Å²) in [6.07, 6.45) is 0. The number of rotatable bonds is 8. The highest BCUT2D eigenvalue weighted by molar-refractivity contribution is 7.99. The molecule has 0 saturated heterocycles. The largest absolute Gasteiger partial charge is 0.342 e. The minimum atomic E-state index is -0.357. The second-order valence-corrected chi connectivity index (χ2v) is 8.80. The van der Waals surface area contributed by atoms with E-state index in [9.17, 15) is 9.59 Å². The van der Waals surface area contributed by atoms with Gasteiger partial charge in [0.1, 0.15) is 0 Å². The molecule has 0 saturated carbocycles. The third-order valence-electron chi connectivity index (χ3n) is 5.03. The van der Waals surface area contributed by atoms with Crippen LogP contribution in [-0.2, 0) is 11.3 Å². The predicted molar refractivity (Wildman–Crippen MR) is 128 cm³/mol. The number of nitrogens with zero attached hydrogens (tertiary/aromatic N) is 3. The van der Waals surface area contributed by atoms with Crippen molar-refractivity contribution in [1.29, 1.82) is 0 Å². The van der Waals surface area contributed by atoms with Gasteiger partial charge in [0.2, 0.25) is 5.91 Å². The van der Waals surface area contributed by atoms with Crippen LogP contribution in [0, 0.1) is 13.8 Å². The second-order valence-electron chi connectivity index (χ2n) is 7.42. The first-order valence-corrected chi connectivity index (χ1v) is 11.6. The van der Waals surface area contributed by atoms with Crippen LogP contribution in [0.2, 0.25) is 5.02 Å². The molecule has 0 radical (unpaired) electrons. The van der Waals surface area contributed by atoms with Crippen molar-refractivity contribution in [2.24, 2.45) is 0 Å². The molecule has 168 valence electrons. The Balaban J connectivity index is 1.62. The van der Waals surface area contributed by atoms with Gasteiger partial charge in [-0.3, -0.25) is 9.59 Å². The molecule has 3 rings (SSSR count). The van der Waals surface area contributed by atoms with Crippen LogP contribution in [0.25, 0.3) is 0 Å². The maximum absolute atomic E-state index is 12.5. The first-order chi connectivity index (χ1) is 15.3. The van der Waals surface area contributed by atoms with Gasteiger partial charge >= 0.3 is 0 Å². The highest BCUT2D eigenvalue weighted by Crippen LogP contribution is 2.22. The Hall–Kier alpha value is -2.84. The number of hydrogen-bond donors (Lipinski definition) is 2. The van der Waals surface area contributed by atoms with Crippen molar-refractivity contribution in [2.75, 3.05) is 11.1 Å². The normalized spacial score (nSPS) is 11.8. The molecule has 32 heavy (non-hydrogen) atoms. The number of aryl methyl sites for hydroxylation is 2. The lowest BCUT2D eigenvalue weighted by Crippen LogP contribution is -2.28. The number of aromatic nitrogens is 3. The van der Waals surface area contributed by atoms with Gasteiger partial charge in [0.25, 0.3) is 5.91 Å². The fraction of sp³-hybridized carbons (Fsp3) is 0.304. The van der Waals surface area contributed by atoms with E-state index >= 15 is 0 Å². The predicted octanol–water partition coefficient (Wildman–Crippen LogP) is 4.79. The van der Waals surface area contributed by atoms with Gasteiger partial charge in [-0.25, -0.2) is 0 Å². The minimum Gasteiger partial charge on any atom is -0.342 e. The van der Waals surface area contributed by atoms with Crippen LogP contribution in [-0.4, -0.2) is 32.3 Å². The number of anilines is 1. The smallest absolute Gasteiger partial charge is 0.251 e. The summed E-state index contributed by atoms with van der Waals surface area (Å²) in [5, 5.41) is 15.5. The molecule has 2 aromatic carbocycles. The van der Waals surface area contributed by atoms with Gasteiger partial charge in [-0.2, -0.15) is 0 Å². The molecule has 0 aliphatic heterocycles. The summed E-state index contributed by atoms with van der Waals surface area (Å²) in [6, 6.07) is 12.2. The lowest BCUT2D eigenvalue weighted by Gasteiger charge is -2.15. The van der Waals surface area contributed by atoms with Crippen LogP contribution in [0.3, 0.4) is 0 Å². The maximum atomic E-state index is 12.5. The quantitative estimate of drug-likeness (QED) is 0.461. The van der Waals surface area contributed by atoms with Crippen molar-refractivity contribution < 1.29 is 9.59 Å². The Labute approximate surface area is 197 Å². The van der Waals surface area contributed by atoms with Crippen LogP contribution in [0.15, 0.2) is 47.6 Å². The van der Waals surface area contributed by atoms with E-state index in [2.05, 4.69) is 20.8 Å². The number of nitrogens with one attached hydrogen (secondary N) is 2. The van der Waals surface area contributed by atoms with E-state index in [1.807, 2.05) is 50.5 Å². The molecule has 1 heterocycles. The molecule has 0 fully saturated rings. The summed E-state index contributed by atoms with van der Waals surface area (Å²) in [5.74, 6) is 0.500. The van der Waals surface area contributed by atoms with Crippen LogP contribution >= 0.6 is 23.4 Å². The molecule has 0 spiro atoms. The molecule has 2 amide bonds. The number of amides is 2. The van der Waals surface area contributed by atoms with Gasteiger partial charge in [-0.1, -0.05) is 29.4 Å². The zero-order valence-corrected chi connectivity index (χ0v) is 20.0. The number of carbonyl (C=O) groups is 2. The fourth-order valence-corrected chi connectivity index (χ4v) is 4.05. The van der Waals surface area contributed by atoms with Crippen LogP contribution in [0.5, 0.6) is 0 Å². The molecule has 0 aliphatic carbocycles. The number of hydrogen-bond acceptors (Lipinski definition) is 5. The van der Waals surface area contributed by atoms with Gasteiger partial charge in [-0.15, -0.1) is 10.2 Å². The third-order valence-corrected chi connectivity index (χ3v) is 6.24. The molecule has 7 nitrogen and oxygen atoms in total. The average Bonchev–Trinajstić information content (AvgIpc) is 3.18. The summed E-state index contributed by atoms with van der Waals surface area (Å²) < 4.78 is 1.90. The van der Waals surface area contributed by atoms with E-state index in [-0.39, 0.29) is 23.6 Å². The lowest BCUT2D eigenvalue weighted by atomic mass is 10.1. The van der Waals surface area contributed by atoms with Gasteiger partial charge in [0.15, 0.2) is 11.0 Å². The molecule has 1 aromatic heterocycles. The van der Waals surface area contributed by atoms with Gasteiger partial charge in [-0.05, 0) is 75.2 Å². The van der Waals surface area contributed by atoms with Gasteiger partial charge in [0.05, 0.1) is 11.8 Å². The van der Waals surface area contributed by atoms with E-state index < -0.39 is 0 Å². The molecular weight excluding hydrogens is 446 g/mol. The first kappa shape index (κ1) is 23.8.